The molecular formula is C14H10F2N2S. The second-order valence-electron chi connectivity index (χ2n) is 3.87. The van der Waals surface area contributed by atoms with Gasteiger partial charge in [-0.2, -0.15) is 5.26 Å². The van der Waals surface area contributed by atoms with E-state index in [1.54, 1.807) is 18.2 Å². The molecule has 5 heteroatoms. The number of nitriles is 1. The summed E-state index contributed by atoms with van der Waals surface area (Å²) in [5.74, 6) is -1.75. The van der Waals surface area contributed by atoms with Gasteiger partial charge in [-0.3, -0.25) is 0 Å². The van der Waals surface area contributed by atoms with Crippen LogP contribution in [0.25, 0.3) is 0 Å². The molecule has 0 aliphatic rings. The normalized spacial score (nSPS) is 10.2. The third kappa shape index (κ3) is 3.24. The van der Waals surface area contributed by atoms with E-state index in [1.165, 1.54) is 17.8 Å². The Morgan fingerprint density at radius 2 is 1.74 bits per heavy atom. The van der Waals surface area contributed by atoms with Crippen LogP contribution >= 0.6 is 11.8 Å². The molecule has 2 N–H and O–H groups in total. The molecule has 0 bridgehead atoms. The van der Waals surface area contributed by atoms with Crippen LogP contribution in [0.15, 0.2) is 46.2 Å². The molecule has 2 aromatic carbocycles. The first-order valence-electron chi connectivity index (χ1n) is 5.48. The van der Waals surface area contributed by atoms with E-state index in [0.29, 0.717) is 10.6 Å². The molecular weight excluding hydrogens is 266 g/mol. The minimum Gasteiger partial charge on any atom is -0.398 e. The van der Waals surface area contributed by atoms with Gasteiger partial charge in [-0.15, -0.1) is 0 Å². The van der Waals surface area contributed by atoms with E-state index >= 15 is 0 Å². The summed E-state index contributed by atoms with van der Waals surface area (Å²) in [7, 11) is 0. The summed E-state index contributed by atoms with van der Waals surface area (Å²) >= 11 is 1.29. The maximum Gasteiger partial charge on any atom is 0.159 e. The summed E-state index contributed by atoms with van der Waals surface area (Å²) in [5, 5.41) is 8.69. The molecule has 0 heterocycles. The molecule has 0 radical (unpaired) electrons. The number of hydrogen-bond acceptors (Lipinski definition) is 3. The number of nitrogen functional groups attached to an aromatic ring is 1. The molecule has 0 unspecified atom stereocenters. The topological polar surface area (TPSA) is 49.8 Å². The fraction of sp³-hybridized carbons (Fsp3) is 0.0714. The second-order valence-corrected chi connectivity index (χ2v) is 5.02. The fourth-order valence-electron chi connectivity index (χ4n) is 1.56. The van der Waals surface area contributed by atoms with Crippen molar-refractivity contribution in [2.24, 2.45) is 0 Å². The van der Waals surface area contributed by atoms with Gasteiger partial charge < -0.3 is 5.73 Å². The molecule has 0 saturated carbocycles. The maximum absolute atomic E-state index is 13.1. The zero-order valence-corrected chi connectivity index (χ0v) is 10.7. The molecule has 0 aliphatic carbocycles. The second kappa shape index (κ2) is 5.72. The Morgan fingerprint density at radius 3 is 2.42 bits per heavy atom. The molecule has 96 valence electrons. The van der Waals surface area contributed by atoms with Crippen LogP contribution in [0.5, 0.6) is 0 Å². The molecule has 2 rings (SSSR count). The predicted molar refractivity (Wildman–Crippen MR) is 70.7 cm³/mol. The lowest BCUT2D eigenvalue weighted by Crippen LogP contribution is -1.93. The molecule has 0 amide bonds. The first-order chi connectivity index (χ1) is 9.10. The van der Waals surface area contributed by atoms with E-state index < -0.39 is 11.6 Å². The monoisotopic (exact) mass is 276 g/mol. The van der Waals surface area contributed by atoms with Gasteiger partial charge in [0.05, 0.1) is 12.5 Å². The van der Waals surface area contributed by atoms with Crippen molar-refractivity contribution in [3.05, 3.63) is 53.6 Å². The lowest BCUT2D eigenvalue weighted by molar-refractivity contribution is 0.506. The van der Waals surface area contributed by atoms with Crippen molar-refractivity contribution < 1.29 is 8.78 Å². The molecule has 0 spiro atoms. The van der Waals surface area contributed by atoms with Crippen molar-refractivity contribution in [3.63, 3.8) is 0 Å². The average Bonchev–Trinajstić information content (AvgIpc) is 2.38. The average molecular weight is 276 g/mol. The van der Waals surface area contributed by atoms with E-state index in [-0.39, 0.29) is 6.42 Å². The van der Waals surface area contributed by atoms with Gasteiger partial charge >= 0.3 is 0 Å². The Labute approximate surface area is 113 Å². The SMILES string of the molecule is N#CCc1cc(Sc2ccc(F)c(F)c2)ccc1N. The van der Waals surface area contributed by atoms with Crippen LogP contribution in [0.4, 0.5) is 14.5 Å². The minimum absolute atomic E-state index is 0.220. The summed E-state index contributed by atoms with van der Waals surface area (Å²) in [6.45, 7) is 0. The Kier molecular flexibility index (Phi) is 4.03. The zero-order valence-electron chi connectivity index (χ0n) is 9.86. The summed E-state index contributed by atoms with van der Waals surface area (Å²) in [6.07, 6.45) is 0.220. The van der Waals surface area contributed by atoms with E-state index in [9.17, 15) is 8.78 Å². The number of hydrogen-bond donors (Lipinski definition) is 1. The fourth-order valence-corrected chi connectivity index (χ4v) is 2.47. The first-order valence-corrected chi connectivity index (χ1v) is 6.30. The predicted octanol–water partition coefficient (Wildman–Crippen LogP) is 3.76. The number of nitrogens with two attached hydrogens (primary N) is 1. The highest BCUT2D eigenvalue weighted by molar-refractivity contribution is 7.99. The quantitative estimate of drug-likeness (QED) is 0.868. The Balaban J connectivity index is 2.25. The number of halogens is 2. The molecule has 0 atom stereocenters. The molecule has 0 fully saturated rings. The van der Waals surface area contributed by atoms with Crippen molar-refractivity contribution in [3.8, 4) is 6.07 Å². The molecule has 19 heavy (non-hydrogen) atoms. The third-order valence-electron chi connectivity index (χ3n) is 2.51. The smallest absolute Gasteiger partial charge is 0.159 e. The maximum atomic E-state index is 13.1. The zero-order chi connectivity index (χ0) is 13.8. The minimum atomic E-state index is -0.877. The van der Waals surface area contributed by atoms with Crippen LogP contribution in [-0.4, -0.2) is 0 Å². The van der Waals surface area contributed by atoms with Gasteiger partial charge in [0, 0.05) is 15.5 Å². The lowest BCUT2D eigenvalue weighted by atomic mass is 10.1. The van der Waals surface area contributed by atoms with Gasteiger partial charge in [-0.05, 0) is 42.0 Å². The van der Waals surface area contributed by atoms with Gasteiger partial charge in [0.1, 0.15) is 0 Å². The summed E-state index contributed by atoms with van der Waals surface area (Å²) in [4.78, 5) is 1.41. The Bertz CT molecular complexity index is 650. The van der Waals surface area contributed by atoms with Crippen molar-refractivity contribution in [1.82, 2.24) is 0 Å². The van der Waals surface area contributed by atoms with Crippen molar-refractivity contribution >= 4 is 17.4 Å². The van der Waals surface area contributed by atoms with E-state index in [1.807, 2.05) is 6.07 Å². The summed E-state index contributed by atoms with van der Waals surface area (Å²) < 4.78 is 25.9. The number of rotatable bonds is 3. The highest BCUT2D eigenvalue weighted by Crippen LogP contribution is 2.30. The standard InChI is InChI=1S/C14H10F2N2S/c15-12-3-1-11(8-13(12)16)19-10-2-4-14(18)9(7-10)5-6-17/h1-4,7-8H,5,18H2. The van der Waals surface area contributed by atoms with Crippen LogP contribution in [-0.2, 0) is 6.42 Å². The van der Waals surface area contributed by atoms with Crippen LogP contribution in [0.3, 0.4) is 0 Å². The summed E-state index contributed by atoms with van der Waals surface area (Å²) in [6, 6.07) is 11.0. The third-order valence-corrected chi connectivity index (χ3v) is 3.49. The molecule has 2 nitrogen and oxygen atoms in total. The number of nitrogens with zero attached hydrogens (tertiary/aromatic N) is 1. The van der Waals surface area contributed by atoms with Crippen LogP contribution in [0.1, 0.15) is 5.56 Å². The van der Waals surface area contributed by atoms with Gasteiger partial charge in [0.25, 0.3) is 0 Å². The Morgan fingerprint density at radius 1 is 1.05 bits per heavy atom. The van der Waals surface area contributed by atoms with Crippen LogP contribution < -0.4 is 5.73 Å². The lowest BCUT2D eigenvalue weighted by Gasteiger charge is -2.06. The Hall–Kier alpha value is -2.06. The van der Waals surface area contributed by atoms with Crippen LogP contribution in [0.2, 0.25) is 0 Å². The number of anilines is 1. The van der Waals surface area contributed by atoms with Gasteiger partial charge in [0.15, 0.2) is 11.6 Å². The first kappa shape index (κ1) is 13.4. The summed E-state index contributed by atoms with van der Waals surface area (Å²) in [5.41, 5.74) is 7.03. The molecule has 0 saturated heterocycles. The van der Waals surface area contributed by atoms with Gasteiger partial charge in [0.2, 0.25) is 0 Å². The highest BCUT2D eigenvalue weighted by atomic mass is 32.2. The molecule has 0 aliphatic heterocycles. The van der Waals surface area contributed by atoms with Gasteiger partial charge in [-0.25, -0.2) is 8.78 Å². The van der Waals surface area contributed by atoms with Crippen molar-refractivity contribution in [1.29, 1.82) is 5.26 Å². The van der Waals surface area contributed by atoms with Crippen molar-refractivity contribution in [2.45, 2.75) is 16.2 Å². The number of benzene rings is 2. The van der Waals surface area contributed by atoms with Crippen LogP contribution in [0, 0.1) is 23.0 Å². The highest BCUT2D eigenvalue weighted by Gasteiger charge is 2.06. The molecule has 0 aromatic heterocycles. The molecule has 2 aromatic rings. The van der Waals surface area contributed by atoms with Gasteiger partial charge in [-0.1, -0.05) is 11.8 Å². The van der Waals surface area contributed by atoms with Crippen molar-refractivity contribution in [2.75, 3.05) is 5.73 Å². The van der Waals surface area contributed by atoms with E-state index in [2.05, 4.69) is 0 Å². The van der Waals surface area contributed by atoms with E-state index in [0.717, 1.165) is 22.6 Å². The van der Waals surface area contributed by atoms with E-state index in [4.69, 9.17) is 11.0 Å². The largest absolute Gasteiger partial charge is 0.398 e.